The van der Waals surface area contributed by atoms with Crippen LogP contribution in [0.5, 0.6) is 5.88 Å². The van der Waals surface area contributed by atoms with Crippen molar-refractivity contribution in [3.8, 4) is 5.88 Å². The molecule has 35 heavy (non-hydrogen) atoms. The van der Waals surface area contributed by atoms with Gasteiger partial charge in [0.15, 0.2) is 0 Å². The highest BCUT2D eigenvalue weighted by atomic mass is 32.2. The normalized spacial score (nSPS) is 23.8. The highest BCUT2D eigenvalue weighted by Gasteiger charge is 2.42. The smallest absolute Gasteiger partial charge is 0.304 e. The first kappa shape index (κ1) is 25.4. The maximum atomic E-state index is 13.8. The monoisotopic (exact) mass is 504 g/mol. The van der Waals surface area contributed by atoms with Crippen molar-refractivity contribution in [2.24, 2.45) is 5.92 Å². The molecule has 11 heteroatoms. The average Bonchev–Trinajstić information content (AvgIpc) is 2.87. The minimum atomic E-state index is -4.08. The minimum absolute atomic E-state index is 0.0542. The van der Waals surface area contributed by atoms with Crippen molar-refractivity contribution in [3.05, 3.63) is 48.2 Å². The lowest BCUT2D eigenvalue weighted by Gasteiger charge is -2.42. The number of carbonyl (C=O) groups excluding carboxylic acids is 1. The second kappa shape index (κ2) is 10.5. The molecule has 1 saturated heterocycles. The fourth-order valence-corrected chi connectivity index (χ4v) is 6.45. The number of hydrogen-bond acceptors (Lipinski definition) is 7. The van der Waals surface area contributed by atoms with Gasteiger partial charge in [-0.1, -0.05) is 37.3 Å². The molecule has 1 aromatic heterocycles. The third kappa shape index (κ3) is 5.27. The topological polar surface area (TPSA) is 132 Å². The lowest BCUT2D eigenvalue weighted by Crippen LogP contribution is -2.56. The van der Waals surface area contributed by atoms with Crippen molar-refractivity contribution in [2.75, 3.05) is 35.9 Å². The van der Waals surface area contributed by atoms with E-state index in [0.29, 0.717) is 12.1 Å². The highest BCUT2D eigenvalue weighted by Crippen LogP contribution is 2.38. The standard InChI is InChI=1S/C24H32N4O6S/c1-16-8-9-20(14-29)27(12-16)35(32,33)28-13-21(15-30)34-24-22(28)10-19(11-25-24)26-23(31)17(2)18-6-4-3-5-7-18/h3-7,10-11,16-17,20-21,29-30H,8-9,12-15H2,1-2H3,(H,26,31). The number of pyridine rings is 1. The highest BCUT2D eigenvalue weighted by molar-refractivity contribution is 7.90. The van der Waals surface area contributed by atoms with E-state index in [1.807, 2.05) is 37.3 Å². The van der Waals surface area contributed by atoms with Crippen LogP contribution in [0.15, 0.2) is 42.6 Å². The molecule has 4 unspecified atom stereocenters. The molecule has 0 aliphatic carbocycles. The van der Waals surface area contributed by atoms with Crippen molar-refractivity contribution >= 4 is 27.5 Å². The summed E-state index contributed by atoms with van der Waals surface area (Å²) in [6, 6.07) is 10.3. The van der Waals surface area contributed by atoms with Crippen molar-refractivity contribution in [1.82, 2.24) is 9.29 Å². The van der Waals surface area contributed by atoms with Crippen LogP contribution in [0.2, 0.25) is 0 Å². The number of aliphatic hydroxyl groups is 2. The number of hydrogen-bond donors (Lipinski definition) is 3. The van der Waals surface area contributed by atoms with E-state index in [1.165, 1.54) is 16.6 Å². The van der Waals surface area contributed by atoms with Gasteiger partial charge in [-0.15, -0.1) is 0 Å². The predicted molar refractivity (Wildman–Crippen MR) is 131 cm³/mol. The van der Waals surface area contributed by atoms with E-state index >= 15 is 0 Å². The van der Waals surface area contributed by atoms with Crippen LogP contribution in [0.25, 0.3) is 0 Å². The third-order valence-corrected chi connectivity index (χ3v) is 8.53. The minimum Gasteiger partial charge on any atom is -0.468 e. The van der Waals surface area contributed by atoms with E-state index in [0.717, 1.165) is 16.3 Å². The van der Waals surface area contributed by atoms with Crippen LogP contribution in [-0.2, 0) is 15.0 Å². The van der Waals surface area contributed by atoms with Crippen molar-refractivity contribution in [3.63, 3.8) is 0 Å². The number of benzene rings is 1. The summed E-state index contributed by atoms with van der Waals surface area (Å²) in [5.74, 6) is -0.492. The number of nitrogens with one attached hydrogen (secondary N) is 1. The summed E-state index contributed by atoms with van der Waals surface area (Å²) < 4.78 is 35.8. The molecule has 2 aliphatic heterocycles. The summed E-state index contributed by atoms with van der Waals surface area (Å²) in [5.41, 5.74) is 1.35. The van der Waals surface area contributed by atoms with E-state index < -0.39 is 28.3 Å². The van der Waals surface area contributed by atoms with Crippen LogP contribution in [-0.4, -0.2) is 72.3 Å². The summed E-state index contributed by atoms with van der Waals surface area (Å²) in [5, 5.41) is 22.4. The second-order valence-electron chi connectivity index (χ2n) is 9.22. The molecule has 2 aromatic rings. The average molecular weight is 505 g/mol. The molecule has 3 heterocycles. The zero-order valence-corrected chi connectivity index (χ0v) is 20.7. The molecular weight excluding hydrogens is 472 g/mol. The largest absolute Gasteiger partial charge is 0.468 e. The first-order valence-electron chi connectivity index (χ1n) is 11.8. The Morgan fingerprint density at radius 1 is 1.20 bits per heavy atom. The Kier molecular flexibility index (Phi) is 7.60. The molecule has 190 valence electrons. The molecule has 0 bridgehead atoms. The predicted octanol–water partition coefficient (Wildman–Crippen LogP) is 1.72. The number of anilines is 2. The van der Waals surface area contributed by atoms with Crippen molar-refractivity contribution in [2.45, 2.75) is 44.8 Å². The second-order valence-corrected chi connectivity index (χ2v) is 11.0. The number of rotatable bonds is 7. The molecule has 0 spiro atoms. The van der Waals surface area contributed by atoms with Gasteiger partial charge >= 0.3 is 10.2 Å². The van der Waals surface area contributed by atoms with E-state index in [9.17, 15) is 23.4 Å². The van der Waals surface area contributed by atoms with Crippen LogP contribution in [0.4, 0.5) is 11.4 Å². The third-order valence-electron chi connectivity index (χ3n) is 6.59. The molecule has 0 saturated carbocycles. The van der Waals surface area contributed by atoms with Crippen LogP contribution in [0, 0.1) is 5.92 Å². The Labute approximate surface area is 205 Å². The van der Waals surface area contributed by atoms with Gasteiger partial charge in [-0.25, -0.2) is 9.29 Å². The molecule has 2 aliphatic rings. The SMILES string of the molecule is CC1CCC(CO)N(S(=O)(=O)N2CC(CO)Oc3ncc(NC(=O)C(C)c4ccccc4)cc32)C1. The zero-order valence-electron chi connectivity index (χ0n) is 19.9. The van der Waals surface area contributed by atoms with Crippen LogP contribution < -0.4 is 14.4 Å². The fraction of sp³-hybridized carbons (Fsp3) is 0.500. The molecule has 4 rings (SSSR count). The number of aromatic nitrogens is 1. The number of fused-ring (bicyclic) bond motifs is 1. The van der Waals surface area contributed by atoms with Crippen LogP contribution in [0.1, 0.15) is 38.2 Å². The number of carbonyl (C=O) groups is 1. The van der Waals surface area contributed by atoms with Crippen molar-refractivity contribution < 1.29 is 28.2 Å². The summed E-state index contributed by atoms with van der Waals surface area (Å²) >= 11 is 0. The molecule has 1 fully saturated rings. The van der Waals surface area contributed by atoms with Gasteiger partial charge in [-0.2, -0.15) is 12.7 Å². The van der Waals surface area contributed by atoms with Gasteiger partial charge in [0, 0.05) is 12.6 Å². The summed E-state index contributed by atoms with van der Waals surface area (Å²) in [7, 11) is -4.08. The lowest BCUT2D eigenvalue weighted by atomic mass is 9.97. The van der Waals surface area contributed by atoms with E-state index in [4.69, 9.17) is 4.74 Å². The van der Waals surface area contributed by atoms with Gasteiger partial charge in [0.1, 0.15) is 11.8 Å². The molecule has 10 nitrogen and oxygen atoms in total. The summed E-state index contributed by atoms with van der Waals surface area (Å²) in [6.45, 7) is 3.26. The van der Waals surface area contributed by atoms with Gasteiger partial charge in [0.05, 0.1) is 37.6 Å². The Balaban J connectivity index is 1.64. The molecule has 1 amide bonds. The van der Waals surface area contributed by atoms with Crippen LogP contribution >= 0.6 is 0 Å². The zero-order chi connectivity index (χ0) is 25.2. The Morgan fingerprint density at radius 2 is 1.94 bits per heavy atom. The first-order chi connectivity index (χ1) is 16.7. The van der Waals surface area contributed by atoms with Gasteiger partial charge in [-0.3, -0.25) is 4.79 Å². The number of piperidine rings is 1. The van der Waals surface area contributed by atoms with Gasteiger partial charge < -0.3 is 20.3 Å². The maximum Gasteiger partial charge on any atom is 0.304 e. The molecular formula is C24H32N4O6S. The summed E-state index contributed by atoms with van der Waals surface area (Å²) in [6.07, 6.45) is 1.99. The van der Waals surface area contributed by atoms with E-state index in [2.05, 4.69) is 10.3 Å². The van der Waals surface area contributed by atoms with E-state index in [1.54, 1.807) is 6.92 Å². The Bertz CT molecular complexity index is 1150. The Morgan fingerprint density at radius 3 is 2.63 bits per heavy atom. The molecule has 3 N–H and O–H groups in total. The lowest BCUT2D eigenvalue weighted by molar-refractivity contribution is -0.117. The molecule has 4 atom stereocenters. The van der Waals surface area contributed by atoms with Gasteiger partial charge in [-0.05, 0) is 37.3 Å². The van der Waals surface area contributed by atoms with Crippen molar-refractivity contribution in [1.29, 1.82) is 0 Å². The van der Waals surface area contributed by atoms with E-state index in [-0.39, 0.29) is 49.7 Å². The van der Waals surface area contributed by atoms with Crippen LogP contribution in [0.3, 0.4) is 0 Å². The Hall–Kier alpha value is -2.73. The first-order valence-corrected chi connectivity index (χ1v) is 13.2. The number of nitrogens with zero attached hydrogens (tertiary/aromatic N) is 3. The number of amides is 1. The number of ether oxygens (including phenoxy) is 1. The van der Waals surface area contributed by atoms with Gasteiger partial charge in [0.2, 0.25) is 11.8 Å². The molecule has 0 radical (unpaired) electrons. The fourth-order valence-electron chi connectivity index (χ4n) is 4.47. The summed E-state index contributed by atoms with van der Waals surface area (Å²) in [4.78, 5) is 17.1. The molecule has 1 aromatic carbocycles. The van der Waals surface area contributed by atoms with Gasteiger partial charge in [0.25, 0.3) is 0 Å². The maximum absolute atomic E-state index is 13.8. The number of aliphatic hydroxyl groups excluding tert-OH is 2. The quantitative estimate of drug-likeness (QED) is 0.523.